The third kappa shape index (κ3) is 2.53. The van der Waals surface area contributed by atoms with Gasteiger partial charge >= 0.3 is 5.97 Å². The van der Waals surface area contributed by atoms with Crippen molar-refractivity contribution < 1.29 is 9.90 Å². The van der Waals surface area contributed by atoms with E-state index in [-0.39, 0.29) is 6.42 Å². The molecule has 1 heterocycles. The molecule has 0 fully saturated rings. The lowest BCUT2D eigenvalue weighted by atomic mass is 10.00. The molecule has 0 atom stereocenters. The number of hydrogen-bond acceptors (Lipinski definition) is 2. The van der Waals surface area contributed by atoms with E-state index in [2.05, 4.69) is 10.2 Å². The standard InChI is InChI=1S/C13H14N2O2/c1-9-4-2-3-5-10(9)11-8-14-15-12(11)6-7-13(16)17/h2-5,8H,6-7H2,1H3,(H,14,15)(H,16,17). The number of aromatic amines is 1. The Morgan fingerprint density at radius 3 is 2.82 bits per heavy atom. The zero-order valence-corrected chi connectivity index (χ0v) is 9.60. The largest absolute Gasteiger partial charge is 0.481 e. The van der Waals surface area contributed by atoms with Crippen LogP contribution in [0.1, 0.15) is 17.7 Å². The van der Waals surface area contributed by atoms with Gasteiger partial charge in [0, 0.05) is 17.7 Å². The predicted molar refractivity (Wildman–Crippen MR) is 64.7 cm³/mol. The van der Waals surface area contributed by atoms with Crippen LogP contribution < -0.4 is 0 Å². The molecule has 0 saturated heterocycles. The van der Waals surface area contributed by atoms with Crippen molar-refractivity contribution in [3.63, 3.8) is 0 Å². The minimum Gasteiger partial charge on any atom is -0.481 e. The second-order valence-corrected chi connectivity index (χ2v) is 3.97. The van der Waals surface area contributed by atoms with Crippen molar-refractivity contribution in [2.24, 2.45) is 0 Å². The number of nitrogens with zero attached hydrogens (tertiary/aromatic N) is 1. The molecule has 0 amide bonds. The Morgan fingerprint density at radius 2 is 2.12 bits per heavy atom. The minimum absolute atomic E-state index is 0.112. The summed E-state index contributed by atoms with van der Waals surface area (Å²) >= 11 is 0. The number of hydrogen-bond donors (Lipinski definition) is 2. The molecular formula is C13H14N2O2. The van der Waals surface area contributed by atoms with Crippen molar-refractivity contribution in [3.05, 3.63) is 41.7 Å². The molecule has 0 radical (unpaired) electrons. The third-order valence-corrected chi connectivity index (χ3v) is 2.74. The zero-order chi connectivity index (χ0) is 12.3. The van der Waals surface area contributed by atoms with E-state index in [4.69, 9.17) is 5.11 Å². The summed E-state index contributed by atoms with van der Waals surface area (Å²) in [4.78, 5) is 10.6. The number of H-pyrrole nitrogens is 1. The van der Waals surface area contributed by atoms with Crippen LogP contribution in [-0.4, -0.2) is 21.3 Å². The van der Waals surface area contributed by atoms with Gasteiger partial charge in [0.25, 0.3) is 0 Å². The summed E-state index contributed by atoms with van der Waals surface area (Å²) in [5, 5.41) is 15.6. The normalized spacial score (nSPS) is 10.4. The van der Waals surface area contributed by atoms with Crippen molar-refractivity contribution in [1.82, 2.24) is 10.2 Å². The number of carboxylic acids is 1. The molecule has 0 aliphatic heterocycles. The molecule has 2 aromatic rings. The molecule has 0 bridgehead atoms. The molecule has 0 unspecified atom stereocenters. The fraction of sp³-hybridized carbons (Fsp3) is 0.231. The maximum Gasteiger partial charge on any atom is 0.303 e. The van der Waals surface area contributed by atoms with Gasteiger partial charge in [-0.05, 0) is 18.1 Å². The molecule has 4 nitrogen and oxygen atoms in total. The van der Waals surface area contributed by atoms with Gasteiger partial charge < -0.3 is 5.11 Å². The number of carbonyl (C=O) groups is 1. The van der Waals surface area contributed by atoms with Crippen molar-refractivity contribution in [1.29, 1.82) is 0 Å². The molecule has 0 aliphatic rings. The first-order valence-electron chi connectivity index (χ1n) is 5.48. The zero-order valence-electron chi connectivity index (χ0n) is 9.60. The highest BCUT2D eigenvalue weighted by Gasteiger charge is 2.10. The molecule has 2 rings (SSSR count). The number of aliphatic carboxylic acids is 1. The second-order valence-electron chi connectivity index (χ2n) is 3.97. The van der Waals surface area contributed by atoms with E-state index in [0.717, 1.165) is 22.4 Å². The summed E-state index contributed by atoms with van der Waals surface area (Å²) in [5.74, 6) is -0.796. The van der Waals surface area contributed by atoms with Gasteiger partial charge in [-0.2, -0.15) is 5.10 Å². The summed E-state index contributed by atoms with van der Waals surface area (Å²) in [6.07, 6.45) is 2.33. The van der Waals surface area contributed by atoms with Crippen molar-refractivity contribution in [2.75, 3.05) is 0 Å². The monoisotopic (exact) mass is 230 g/mol. The lowest BCUT2D eigenvalue weighted by Crippen LogP contribution is -1.99. The van der Waals surface area contributed by atoms with E-state index in [1.165, 1.54) is 0 Å². The van der Waals surface area contributed by atoms with Gasteiger partial charge in [0.15, 0.2) is 0 Å². The van der Waals surface area contributed by atoms with Crippen molar-refractivity contribution in [2.45, 2.75) is 19.8 Å². The molecule has 17 heavy (non-hydrogen) atoms. The van der Waals surface area contributed by atoms with E-state index < -0.39 is 5.97 Å². The summed E-state index contributed by atoms with van der Waals surface area (Å²) < 4.78 is 0. The number of aromatic nitrogens is 2. The van der Waals surface area contributed by atoms with E-state index in [1.54, 1.807) is 6.20 Å². The van der Waals surface area contributed by atoms with Gasteiger partial charge in [-0.15, -0.1) is 0 Å². The first kappa shape index (κ1) is 11.4. The molecule has 88 valence electrons. The highest BCUT2D eigenvalue weighted by atomic mass is 16.4. The highest BCUT2D eigenvalue weighted by Crippen LogP contribution is 2.25. The minimum atomic E-state index is -0.796. The van der Waals surface area contributed by atoms with Gasteiger partial charge in [-0.25, -0.2) is 0 Å². The van der Waals surface area contributed by atoms with Gasteiger partial charge in [-0.1, -0.05) is 24.3 Å². The van der Waals surface area contributed by atoms with Crippen LogP contribution in [0, 0.1) is 6.92 Å². The van der Waals surface area contributed by atoms with Gasteiger partial charge in [0.1, 0.15) is 0 Å². The van der Waals surface area contributed by atoms with Gasteiger partial charge in [0.2, 0.25) is 0 Å². The summed E-state index contributed by atoms with van der Waals surface area (Å²) in [7, 11) is 0. The Balaban J connectivity index is 2.31. The third-order valence-electron chi connectivity index (χ3n) is 2.74. The highest BCUT2D eigenvalue weighted by molar-refractivity contribution is 5.71. The number of rotatable bonds is 4. The second kappa shape index (κ2) is 4.82. The van der Waals surface area contributed by atoms with Crippen molar-refractivity contribution in [3.8, 4) is 11.1 Å². The SMILES string of the molecule is Cc1ccccc1-c1cn[nH]c1CCC(=O)O. The maximum atomic E-state index is 10.6. The van der Waals surface area contributed by atoms with Crippen LogP contribution >= 0.6 is 0 Å². The topological polar surface area (TPSA) is 66.0 Å². The van der Waals surface area contributed by atoms with Crippen LogP contribution in [0.2, 0.25) is 0 Å². The van der Waals surface area contributed by atoms with Gasteiger partial charge in [-0.3, -0.25) is 9.89 Å². The molecule has 1 aromatic heterocycles. The number of aryl methyl sites for hydroxylation is 2. The maximum absolute atomic E-state index is 10.6. The first-order chi connectivity index (χ1) is 8.18. The van der Waals surface area contributed by atoms with Crippen LogP contribution in [0.3, 0.4) is 0 Å². The Hall–Kier alpha value is -2.10. The fourth-order valence-corrected chi connectivity index (χ4v) is 1.84. The quantitative estimate of drug-likeness (QED) is 0.847. The van der Waals surface area contributed by atoms with E-state index in [9.17, 15) is 4.79 Å². The molecule has 4 heteroatoms. The van der Waals surface area contributed by atoms with Crippen LogP contribution in [-0.2, 0) is 11.2 Å². The van der Waals surface area contributed by atoms with Crippen LogP contribution in [0.4, 0.5) is 0 Å². The van der Waals surface area contributed by atoms with E-state index in [1.807, 2.05) is 31.2 Å². The molecule has 1 aromatic carbocycles. The van der Waals surface area contributed by atoms with E-state index >= 15 is 0 Å². The molecule has 2 N–H and O–H groups in total. The Bertz CT molecular complexity index is 532. The summed E-state index contributed by atoms with van der Waals surface area (Å²) in [5.41, 5.74) is 4.12. The Morgan fingerprint density at radius 1 is 1.35 bits per heavy atom. The Kier molecular flexibility index (Phi) is 3.23. The Labute approximate surface area is 99.3 Å². The fourth-order valence-electron chi connectivity index (χ4n) is 1.84. The molecule has 0 aliphatic carbocycles. The average molecular weight is 230 g/mol. The van der Waals surface area contributed by atoms with Crippen molar-refractivity contribution >= 4 is 5.97 Å². The van der Waals surface area contributed by atoms with Crippen LogP contribution in [0.15, 0.2) is 30.5 Å². The van der Waals surface area contributed by atoms with E-state index in [0.29, 0.717) is 6.42 Å². The molecule has 0 spiro atoms. The number of nitrogens with one attached hydrogen (secondary N) is 1. The van der Waals surface area contributed by atoms with Crippen LogP contribution in [0.25, 0.3) is 11.1 Å². The summed E-state index contributed by atoms with van der Waals surface area (Å²) in [6.45, 7) is 2.03. The van der Waals surface area contributed by atoms with Gasteiger partial charge in [0.05, 0.1) is 12.6 Å². The summed E-state index contributed by atoms with van der Waals surface area (Å²) in [6, 6.07) is 8.00. The smallest absolute Gasteiger partial charge is 0.303 e. The van der Waals surface area contributed by atoms with Crippen LogP contribution in [0.5, 0.6) is 0 Å². The first-order valence-corrected chi connectivity index (χ1v) is 5.48. The number of benzene rings is 1. The lowest BCUT2D eigenvalue weighted by Gasteiger charge is -2.05. The number of carboxylic acid groups (broad SMARTS) is 1. The average Bonchev–Trinajstić information content (AvgIpc) is 2.75. The lowest BCUT2D eigenvalue weighted by molar-refractivity contribution is -0.136. The predicted octanol–water partition coefficient (Wildman–Crippen LogP) is 2.40. The molecule has 0 saturated carbocycles. The molecular weight excluding hydrogens is 216 g/mol.